The molecule has 0 aliphatic rings. The molecule has 0 rings (SSSR count). The number of carbonyl (C=O) groups excluding carboxylic acids is 1. The molecular formula is C8H15O2. The summed E-state index contributed by atoms with van der Waals surface area (Å²) in [5.74, 6) is 0. The van der Waals surface area contributed by atoms with Crippen LogP contribution in [0.4, 0.5) is 0 Å². The summed E-state index contributed by atoms with van der Waals surface area (Å²) in [6, 6.07) is 0. The fourth-order valence-corrected chi connectivity index (χ4v) is 0.769. The van der Waals surface area contributed by atoms with E-state index in [2.05, 4.69) is 18.6 Å². The van der Waals surface area contributed by atoms with Gasteiger partial charge in [0.05, 0.1) is 0 Å². The summed E-state index contributed by atoms with van der Waals surface area (Å²) in [5, 5.41) is 0. The van der Waals surface area contributed by atoms with E-state index in [0.717, 1.165) is 12.8 Å². The molecule has 2 heteroatoms. The van der Waals surface area contributed by atoms with Gasteiger partial charge in [0.2, 0.25) is 0 Å². The van der Waals surface area contributed by atoms with E-state index in [1.54, 1.807) is 0 Å². The van der Waals surface area contributed by atoms with Gasteiger partial charge < -0.3 is 4.74 Å². The first-order valence-corrected chi connectivity index (χ1v) is 3.73. The predicted molar refractivity (Wildman–Crippen MR) is 40.4 cm³/mol. The van der Waals surface area contributed by atoms with Gasteiger partial charge in [-0.25, -0.2) is 0 Å². The molecule has 0 aliphatic heterocycles. The van der Waals surface area contributed by atoms with Crippen LogP contribution >= 0.6 is 0 Å². The molecule has 2 nitrogen and oxygen atoms in total. The minimum absolute atomic E-state index is 0.149. The highest BCUT2D eigenvalue weighted by atomic mass is 16.5. The van der Waals surface area contributed by atoms with Crippen molar-refractivity contribution in [3.8, 4) is 0 Å². The molecule has 1 radical (unpaired) electrons. The quantitative estimate of drug-likeness (QED) is 0.419. The Balaban J connectivity index is 3.04. The van der Waals surface area contributed by atoms with Gasteiger partial charge in [0.15, 0.2) is 0 Å². The number of hydrogen-bond donors (Lipinski definition) is 0. The summed E-state index contributed by atoms with van der Waals surface area (Å²) in [7, 11) is 0. The van der Waals surface area contributed by atoms with E-state index in [1.807, 2.05) is 0 Å². The summed E-state index contributed by atoms with van der Waals surface area (Å²) in [4.78, 5) is 9.79. The number of ether oxygens (including phenoxy) is 1. The normalized spacial score (nSPS) is 12.6. The van der Waals surface area contributed by atoms with E-state index in [9.17, 15) is 4.79 Å². The van der Waals surface area contributed by atoms with Crippen LogP contribution in [0.5, 0.6) is 0 Å². The average Bonchev–Trinajstić information content (AvgIpc) is 1.89. The third kappa shape index (κ3) is 5.60. The van der Waals surface area contributed by atoms with Gasteiger partial charge in [-0.1, -0.05) is 19.8 Å². The fourth-order valence-electron chi connectivity index (χ4n) is 0.769. The second kappa shape index (κ2) is 6.59. The van der Waals surface area contributed by atoms with Crippen LogP contribution in [0.2, 0.25) is 0 Å². The van der Waals surface area contributed by atoms with Crippen LogP contribution < -0.4 is 0 Å². The van der Waals surface area contributed by atoms with Gasteiger partial charge in [0.1, 0.15) is 6.10 Å². The molecule has 0 aromatic rings. The van der Waals surface area contributed by atoms with Crippen molar-refractivity contribution in [2.45, 2.75) is 38.7 Å². The van der Waals surface area contributed by atoms with Crippen LogP contribution in [0, 0.1) is 6.92 Å². The topological polar surface area (TPSA) is 26.3 Å². The van der Waals surface area contributed by atoms with Crippen molar-refractivity contribution in [3.63, 3.8) is 0 Å². The second-order valence-corrected chi connectivity index (χ2v) is 2.35. The standard InChI is InChI=1S/C8H15O2/c1-3-4-5-6-8(2)10-7-9/h7-8H,2-6H2,1H3. The van der Waals surface area contributed by atoms with E-state index in [1.165, 1.54) is 12.8 Å². The third-order valence-corrected chi connectivity index (χ3v) is 1.38. The fraction of sp³-hybridized carbons (Fsp3) is 0.750. The summed E-state index contributed by atoms with van der Waals surface area (Å²) in [6.45, 7) is 6.25. The first-order chi connectivity index (χ1) is 4.81. The highest BCUT2D eigenvalue weighted by Crippen LogP contribution is 2.04. The molecule has 0 bridgehead atoms. The average molecular weight is 143 g/mol. The van der Waals surface area contributed by atoms with Gasteiger partial charge in [-0.05, 0) is 19.8 Å². The van der Waals surface area contributed by atoms with Gasteiger partial charge >= 0.3 is 0 Å². The Bertz CT molecular complexity index is 81.3. The maximum atomic E-state index is 9.79. The summed E-state index contributed by atoms with van der Waals surface area (Å²) in [6.07, 6.45) is 4.21. The maximum absolute atomic E-state index is 9.79. The van der Waals surface area contributed by atoms with Crippen LogP contribution in [0.3, 0.4) is 0 Å². The van der Waals surface area contributed by atoms with E-state index >= 15 is 0 Å². The van der Waals surface area contributed by atoms with Gasteiger partial charge in [0.25, 0.3) is 6.47 Å². The lowest BCUT2D eigenvalue weighted by Crippen LogP contribution is -2.06. The Morgan fingerprint density at radius 1 is 1.60 bits per heavy atom. The highest BCUT2D eigenvalue weighted by Gasteiger charge is 1.99. The Morgan fingerprint density at radius 3 is 2.80 bits per heavy atom. The maximum Gasteiger partial charge on any atom is 0.293 e. The first kappa shape index (κ1) is 9.47. The number of rotatable bonds is 6. The van der Waals surface area contributed by atoms with Crippen molar-refractivity contribution >= 4 is 6.47 Å². The molecule has 0 saturated heterocycles. The Kier molecular flexibility index (Phi) is 6.24. The van der Waals surface area contributed by atoms with E-state index < -0.39 is 0 Å². The van der Waals surface area contributed by atoms with Crippen molar-refractivity contribution in [2.24, 2.45) is 0 Å². The minimum Gasteiger partial charge on any atom is -0.465 e. The van der Waals surface area contributed by atoms with E-state index in [4.69, 9.17) is 0 Å². The van der Waals surface area contributed by atoms with Gasteiger partial charge in [-0.15, -0.1) is 0 Å². The largest absolute Gasteiger partial charge is 0.465 e. The van der Waals surface area contributed by atoms with Crippen LogP contribution in [0.1, 0.15) is 32.6 Å². The molecule has 0 fully saturated rings. The molecule has 10 heavy (non-hydrogen) atoms. The van der Waals surface area contributed by atoms with Crippen LogP contribution in [-0.4, -0.2) is 12.6 Å². The molecule has 59 valence electrons. The molecule has 0 spiro atoms. The van der Waals surface area contributed by atoms with Crippen molar-refractivity contribution in [1.29, 1.82) is 0 Å². The second-order valence-electron chi connectivity index (χ2n) is 2.35. The number of hydrogen-bond acceptors (Lipinski definition) is 2. The molecule has 0 N–H and O–H groups in total. The highest BCUT2D eigenvalue weighted by molar-refractivity contribution is 5.37. The number of carbonyl (C=O) groups is 1. The summed E-state index contributed by atoms with van der Waals surface area (Å²) in [5.41, 5.74) is 0. The van der Waals surface area contributed by atoms with Crippen LogP contribution in [0.15, 0.2) is 0 Å². The lowest BCUT2D eigenvalue weighted by molar-refractivity contribution is -0.131. The zero-order valence-corrected chi connectivity index (χ0v) is 6.51. The van der Waals surface area contributed by atoms with E-state index in [-0.39, 0.29) is 6.10 Å². The van der Waals surface area contributed by atoms with Crippen molar-refractivity contribution in [3.05, 3.63) is 6.92 Å². The first-order valence-electron chi connectivity index (χ1n) is 3.73. The molecule has 0 aromatic heterocycles. The molecular weight excluding hydrogens is 128 g/mol. The zero-order valence-electron chi connectivity index (χ0n) is 6.51. The SMILES string of the molecule is [CH2]C(CCCCC)OC=O. The van der Waals surface area contributed by atoms with Gasteiger partial charge in [0, 0.05) is 0 Å². The van der Waals surface area contributed by atoms with Crippen LogP contribution in [0.25, 0.3) is 0 Å². The van der Waals surface area contributed by atoms with Crippen molar-refractivity contribution in [2.75, 3.05) is 0 Å². The summed E-state index contributed by atoms with van der Waals surface area (Å²) < 4.78 is 4.60. The van der Waals surface area contributed by atoms with Crippen molar-refractivity contribution < 1.29 is 9.53 Å². The van der Waals surface area contributed by atoms with Gasteiger partial charge in [-0.3, -0.25) is 4.79 Å². The van der Waals surface area contributed by atoms with Crippen molar-refractivity contribution in [1.82, 2.24) is 0 Å². The lowest BCUT2D eigenvalue weighted by atomic mass is 10.1. The third-order valence-electron chi connectivity index (χ3n) is 1.38. The monoisotopic (exact) mass is 143 g/mol. The molecule has 1 atom stereocenters. The molecule has 0 aromatic carbocycles. The number of unbranched alkanes of at least 4 members (excludes halogenated alkanes) is 2. The van der Waals surface area contributed by atoms with Crippen LogP contribution in [-0.2, 0) is 9.53 Å². The summed E-state index contributed by atoms with van der Waals surface area (Å²) >= 11 is 0. The van der Waals surface area contributed by atoms with E-state index in [0.29, 0.717) is 6.47 Å². The van der Waals surface area contributed by atoms with Gasteiger partial charge in [-0.2, -0.15) is 0 Å². The lowest BCUT2D eigenvalue weighted by Gasteiger charge is -2.07. The smallest absolute Gasteiger partial charge is 0.293 e. The minimum atomic E-state index is -0.149. The molecule has 0 aliphatic carbocycles. The molecule has 0 saturated carbocycles. The Labute approximate surface area is 62.6 Å². The zero-order chi connectivity index (χ0) is 7.82. The molecule has 1 unspecified atom stereocenters. The molecule has 0 amide bonds. The predicted octanol–water partition coefficient (Wildman–Crippen LogP) is 1.94. The Hall–Kier alpha value is -0.530. The Morgan fingerprint density at radius 2 is 2.30 bits per heavy atom. The molecule has 0 heterocycles.